The maximum Gasteiger partial charge on any atom is 0.118 e. The molecule has 3 aromatic rings. The van der Waals surface area contributed by atoms with Crippen LogP contribution in [-0.2, 0) is 13.1 Å². The average molecular weight is 380 g/mol. The van der Waals surface area contributed by atoms with Crippen LogP contribution in [-0.4, -0.2) is 57.0 Å². The van der Waals surface area contributed by atoms with Crippen LogP contribution < -0.4 is 0 Å². The van der Waals surface area contributed by atoms with Gasteiger partial charge in [0.25, 0.3) is 0 Å². The predicted molar refractivity (Wildman–Crippen MR) is 108 cm³/mol. The van der Waals surface area contributed by atoms with Gasteiger partial charge in [0.1, 0.15) is 11.5 Å². The van der Waals surface area contributed by atoms with Crippen LogP contribution in [0.25, 0.3) is 5.69 Å². The summed E-state index contributed by atoms with van der Waals surface area (Å²) in [6.45, 7) is 6.83. The van der Waals surface area contributed by atoms with Crippen LogP contribution in [0.3, 0.4) is 0 Å². The lowest BCUT2D eigenvalue weighted by Crippen LogP contribution is -2.52. The third-order valence-corrected chi connectivity index (χ3v) is 5.39. The fourth-order valence-electron chi connectivity index (χ4n) is 3.98. The first-order valence-corrected chi connectivity index (χ1v) is 9.93. The lowest BCUT2D eigenvalue weighted by atomic mass is 10.1. The average Bonchev–Trinajstić information content (AvgIpc) is 3.36. The smallest absolute Gasteiger partial charge is 0.118 e. The maximum absolute atomic E-state index is 9.55. The van der Waals surface area contributed by atoms with Gasteiger partial charge in [0, 0.05) is 51.2 Å². The number of benzene rings is 1. The SMILES string of the molecule is Cc1ccc(CN2CCN(Cc3cccc(-n4cccn4)c3)C[C@H]2CCO)o1. The van der Waals surface area contributed by atoms with Gasteiger partial charge in [-0.2, -0.15) is 5.10 Å². The number of aliphatic hydroxyl groups is 1. The molecular weight excluding hydrogens is 352 g/mol. The second-order valence-corrected chi connectivity index (χ2v) is 7.50. The summed E-state index contributed by atoms with van der Waals surface area (Å²) in [7, 11) is 0. The van der Waals surface area contributed by atoms with Gasteiger partial charge in [-0.15, -0.1) is 0 Å². The predicted octanol–water partition coefficient (Wildman–Crippen LogP) is 2.84. The number of piperazine rings is 1. The van der Waals surface area contributed by atoms with E-state index in [4.69, 9.17) is 4.42 Å². The molecule has 1 aliphatic heterocycles. The highest BCUT2D eigenvalue weighted by molar-refractivity contribution is 5.35. The lowest BCUT2D eigenvalue weighted by Gasteiger charge is -2.41. The van der Waals surface area contributed by atoms with Crippen LogP contribution in [0.4, 0.5) is 0 Å². The van der Waals surface area contributed by atoms with Crippen LogP contribution in [0.1, 0.15) is 23.5 Å². The molecule has 0 spiro atoms. The van der Waals surface area contributed by atoms with E-state index in [9.17, 15) is 5.11 Å². The number of hydrogen-bond acceptors (Lipinski definition) is 5. The summed E-state index contributed by atoms with van der Waals surface area (Å²) in [4.78, 5) is 4.91. The number of furan rings is 1. The molecule has 148 valence electrons. The molecule has 0 saturated carbocycles. The Morgan fingerprint density at radius 1 is 1.14 bits per heavy atom. The summed E-state index contributed by atoms with van der Waals surface area (Å²) in [6.07, 6.45) is 4.54. The molecule has 4 rings (SSSR count). The van der Waals surface area contributed by atoms with Crippen LogP contribution in [0, 0.1) is 6.92 Å². The first kappa shape index (κ1) is 18.9. The topological polar surface area (TPSA) is 57.7 Å². The van der Waals surface area contributed by atoms with Crippen molar-refractivity contribution in [3.8, 4) is 5.69 Å². The highest BCUT2D eigenvalue weighted by Gasteiger charge is 2.27. The Balaban J connectivity index is 1.41. The van der Waals surface area contributed by atoms with Crippen molar-refractivity contribution in [2.75, 3.05) is 26.2 Å². The van der Waals surface area contributed by atoms with Crippen LogP contribution >= 0.6 is 0 Å². The minimum absolute atomic E-state index is 0.209. The molecule has 2 aromatic heterocycles. The summed E-state index contributed by atoms with van der Waals surface area (Å²) < 4.78 is 7.65. The Morgan fingerprint density at radius 3 is 2.82 bits per heavy atom. The van der Waals surface area contributed by atoms with Gasteiger partial charge in [0.2, 0.25) is 0 Å². The Morgan fingerprint density at radius 2 is 2.07 bits per heavy atom. The molecule has 3 heterocycles. The fraction of sp³-hybridized carbons (Fsp3) is 0.409. The third kappa shape index (κ3) is 4.52. The second kappa shape index (κ2) is 8.73. The third-order valence-electron chi connectivity index (χ3n) is 5.39. The fourth-order valence-corrected chi connectivity index (χ4v) is 3.98. The van der Waals surface area contributed by atoms with Crippen molar-refractivity contribution in [1.29, 1.82) is 0 Å². The molecule has 6 heteroatoms. The Hall–Kier alpha value is -2.41. The van der Waals surface area contributed by atoms with Gasteiger partial charge >= 0.3 is 0 Å². The zero-order valence-electron chi connectivity index (χ0n) is 16.4. The van der Waals surface area contributed by atoms with Gasteiger partial charge < -0.3 is 9.52 Å². The number of aliphatic hydroxyl groups excluding tert-OH is 1. The molecule has 1 aromatic carbocycles. The summed E-state index contributed by atoms with van der Waals surface area (Å²) in [5.41, 5.74) is 2.37. The highest BCUT2D eigenvalue weighted by Crippen LogP contribution is 2.20. The van der Waals surface area contributed by atoms with Crippen molar-refractivity contribution in [3.05, 3.63) is 71.9 Å². The quantitative estimate of drug-likeness (QED) is 0.683. The van der Waals surface area contributed by atoms with E-state index >= 15 is 0 Å². The minimum atomic E-state index is 0.209. The maximum atomic E-state index is 9.55. The van der Waals surface area contributed by atoms with Crippen molar-refractivity contribution in [2.45, 2.75) is 32.5 Å². The Kier molecular flexibility index (Phi) is 5.90. The van der Waals surface area contributed by atoms with E-state index in [2.05, 4.69) is 45.2 Å². The molecule has 0 unspecified atom stereocenters. The molecule has 1 aliphatic rings. The molecule has 0 radical (unpaired) electrons. The minimum Gasteiger partial charge on any atom is -0.465 e. The number of aryl methyl sites for hydroxylation is 1. The van der Waals surface area contributed by atoms with Gasteiger partial charge in [-0.3, -0.25) is 9.80 Å². The summed E-state index contributed by atoms with van der Waals surface area (Å²) in [5, 5.41) is 13.9. The standard InChI is InChI=1S/C22H28N4O2/c1-18-6-7-22(28-18)17-25-12-11-24(16-21(25)8-13-27)15-19-4-2-5-20(14-19)26-10-3-9-23-26/h2-7,9-10,14,21,27H,8,11-13,15-17H2,1H3/t21-/m1/s1. The summed E-state index contributed by atoms with van der Waals surface area (Å²) in [5.74, 6) is 1.95. The number of hydrogen-bond donors (Lipinski definition) is 1. The second-order valence-electron chi connectivity index (χ2n) is 7.50. The normalized spacial score (nSPS) is 18.6. The van der Waals surface area contributed by atoms with Gasteiger partial charge in [-0.1, -0.05) is 12.1 Å². The highest BCUT2D eigenvalue weighted by atomic mass is 16.3. The van der Waals surface area contributed by atoms with Crippen molar-refractivity contribution in [2.24, 2.45) is 0 Å². The van der Waals surface area contributed by atoms with Crippen LogP contribution in [0.2, 0.25) is 0 Å². The van der Waals surface area contributed by atoms with Gasteiger partial charge in [0.15, 0.2) is 0 Å². The van der Waals surface area contributed by atoms with E-state index in [0.717, 1.165) is 56.4 Å². The molecule has 0 aliphatic carbocycles. The van der Waals surface area contributed by atoms with Crippen molar-refractivity contribution >= 4 is 0 Å². The van der Waals surface area contributed by atoms with Crippen LogP contribution in [0.15, 0.2) is 59.3 Å². The zero-order valence-corrected chi connectivity index (χ0v) is 16.4. The molecule has 6 nitrogen and oxygen atoms in total. The van der Waals surface area contributed by atoms with E-state index in [1.165, 1.54) is 5.56 Å². The van der Waals surface area contributed by atoms with E-state index in [1.807, 2.05) is 29.9 Å². The molecule has 1 saturated heterocycles. The Labute approximate surface area is 166 Å². The number of rotatable bonds is 7. The van der Waals surface area contributed by atoms with E-state index in [0.29, 0.717) is 6.04 Å². The van der Waals surface area contributed by atoms with E-state index in [-0.39, 0.29) is 6.61 Å². The molecule has 28 heavy (non-hydrogen) atoms. The lowest BCUT2D eigenvalue weighted by molar-refractivity contribution is 0.0454. The van der Waals surface area contributed by atoms with Gasteiger partial charge in [-0.25, -0.2) is 4.68 Å². The summed E-state index contributed by atoms with van der Waals surface area (Å²) >= 11 is 0. The van der Waals surface area contributed by atoms with E-state index < -0.39 is 0 Å². The van der Waals surface area contributed by atoms with Crippen LogP contribution in [0.5, 0.6) is 0 Å². The Bertz CT molecular complexity index is 874. The van der Waals surface area contributed by atoms with E-state index in [1.54, 1.807) is 6.20 Å². The van der Waals surface area contributed by atoms with Gasteiger partial charge in [0.05, 0.1) is 12.2 Å². The molecule has 1 fully saturated rings. The zero-order chi connectivity index (χ0) is 19.3. The van der Waals surface area contributed by atoms with Crippen molar-refractivity contribution in [3.63, 3.8) is 0 Å². The van der Waals surface area contributed by atoms with Gasteiger partial charge in [-0.05, 0) is 49.2 Å². The number of aromatic nitrogens is 2. The number of nitrogens with zero attached hydrogens (tertiary/aromatic N) is 4. The first-order chi connectivity index (χ1) is 13.7. The molecular formula is C22H28N4O2. The largest absolute Gasteiger partial charge is 0.465 e. The molecule has 0 bridgehead atoms. The van der Waals surface area contributed by atoms with Crippen molar-refractivity contribution < 1.29 is 9.52 Å². The molecule has 1 atom stereocenters. The molecule has 1 N–H and O–H groups in total. The van der Waals surface area contributed by atoms with Crippen molar-refractivity contribution in [1.82, 2.24) is 19.6 Å². The summed E-state index contributed by atoms with van der Waals surface area (Å²) in [6, 6.07) is 14.9. The molecule has 0 amide bonds. The first-order valence-electron chi connectivity index (χ1n) is 9.93. The monoisotopic (exact) mass is 380 g/mol.